The van der Waals surface area contributed by atoms with Gasteiger partial charge >= 0.3 is 0 Å². The van der Waals surface area contributed by atoms with Crippen LogP contribution in [0.5, 0.6) is 0 Å². The zero-order valence-electron chi connectivity index (χ0n) is 10.6. The summed E-state index contributed by atoms with van der Waals surface area (Å²) in [6.45, 7) is 2.97. The first-order valence-corrected chi connectivity index (χ1v) is 6.24. The molecule has 0 aromatic carbocycles. The third kappa shape index (κ3) is 2.76. The Morgan fingerprint density at radius 2 is 2.06 bits per heavy atom. The third-order valence-corrected chi connectivity index (χ3v) is 3.40. The molecule has 0 fully saturated rings. The molecule has 92 valence electrons. The van der Waals surface area contributed by atoms with Crippen LogP contribution in [0.15, 0.2) is 12.1 Å². The Morgan fingerprint density at radius 3 is 2.59 bits per heavy atom. The van der Waals surface area contributed by atoms with Crippen molar-refractivity contribution in [1.29, 1.82) is 0 Å². The van der Waals surface area contributed by atoms with E-state index in [-0.39, 0.29) is 0 Å². The maximum atomic E-state index is 4.40. The van der Waals surface area contributed by atoms with E-state index in [1.165, 1.54) is 9.75 Å². The van der Waals surface area contributed by atoms with Gasteiger partial charge in [-0.15, -0.1) is 16.4 Å². The van der Waals surface area contributed by atoms with Gasteiger partial charge in [0.2, 0.25) is 11.9 Å². The fourth-order valence-electron chi connectivity index (χ4n) is 1.49. The minimum absolute atomic E-state index is 0.703. The Balaban J connectivity index is 2.06. The molecule has 0 aliphatic rings. The lowest BCUT2D eigenvalue weighted by atomic mass is 10.4. The van der Waals surface area contributed by atoms with Crippen LogP contribution in [0.1, 0.15) is 9.75 Å². The van der Waals surface area contributed by atoms with Gasteiger partial charge in [0.05, 0.1) is 6.54 Å². The van der Waals surface area contributed by atoms with Gasteiger partial charge in [0.25, 0.3) is 0 Å². The molecule has 0 atom stereocenters. The van der Waals surface area contributed by atoms with E-state index in [2.05, 4.69) is 39.1 Å². The quantitative estimate of drug-likeness (QED) is 0.901. The predicted octanol–water partition coefficient (Wildman–Crippen LogP) is 1.88. The molecule has 0 aliphatic carbocycles. The SMILES string of the molecule is Cc1ccc(CN(C)c2nc(N(C)C)n[nH]2)s1. The molecule has 2 rings (SSSR count). The van der Waals surface area contributed by atoms with E-state index in [1.807, 2.05) is 37.4 Å². The zero-order valence-corrected chi connectivity index (χ0v) is 11.4. The van der Waals surface area contributed by atoms with Crippen LogP contribution in [0.3, 0.4) is 0 Å². The summed E-state index contributed by atoms with van der Waals surface area (Å²) in [7, 11) is 5.86. The molecule has 0 saturated carbocycles. The summed E-state index contributed by atoms with van der Waals surface area (Å²) in [5, 5.41) is 7.08. The maximum absolute atomic E-state index is 4.40. The van der Waals surface area contributed by atoms with Crippen molar-refractivity contribution in [3.05, 3.63) is 21.9 Å². The van der Waals surface area contributed by atoms with E-state index in [4.69, 9.17) is 0 Å². The second kappa shape index (κ2) is 4.75. The summed E-state index contributed by atoms with van der Waals surface area (Å²) in [6, 6.07) is 4.29. The standard InChI is InChI=1S/C11H17N5S/c1-8-5-6-9(17-8)7-16(4)11-12-10(13-14-11)15(2)3/h5-6H,7H2,1-4H3,(H,12,13,14). The lowest BCUT2D eigenvalue weighted by Crippen LogP contribution is -2.17. The Kier molecular flexibility index (Phi) is 3.33. The highest BCUT2D eigenvalue weighted by Crippen LogP contribution is 2.19. The van der Waals surface area contributed by atoms with Crippen molar-refractivity contribution in [3.8, 4) is 0 Å². The normalized spacial score (nSPS) is 10.6. The van der Waals surface area contributed by atoms with Crippen molar-refractivity contribution >= 4 is 23.2 Å². The van der Waals surface area contributed by atoms with Crippen LogP contribution >= 0.6 is 11.3 Å². The van der Waals surface area contributed by atoms with Crippen LogP contribution in [-0.2, 0) is 6.54 Å². The molecule has 0 radical (unpaired) electrons. The van der Waals surface area contributed by atoms with Crippen LogP contribution in [0.2, 0.25) is 0 Å². The minimum Gasteiger partial charge on any atom is -0.346 e. The lowest BCUT2D eigenvalue weighted by molar-refractivity contribution is 0.882. The fourth-order valence-corrected chi connectivity index (χ4v) is 2.44. The van der Waals surface area contributed by atoms with Gasteiger partial charge < -0.3 is 9.80 Å². The number of hydrogen-bond donors (Lipinski definition) is 1. The van der Waals surface area contributed by atoms with Gasteiger partial charge in [0, 0.05) is 30.9 Å². The smallest absolute Gasteiger partial charge is 0.245 e. The second-order valence-electron chi connectivity index (χ2n) is 4.22. The molecule has 0 unspecified atom stereocenters. The topological polar surface area (TPSA) is 48.1 Å². The summed E-state index contributed by atoms with van der Waals surface area (Å²) < 4.78 is 0. The Bertz CT molecular complexity index is 488. The summed E-state index contributed by atoms with van der Waals surface area (Å²) in [5.41, 5.74) is 0. The van der Waals surface area contributed by atoms with E-state index >= 15 is 0 Å². The number of aromatic amines is 1. The molecule has 5 nitrogen and oxygen atoms in total. The molecule has 2 aromatic heterocycles. The van der Waals surface area contributed by atoms with Gasteiger partial charge in [0.15, 0.2) is 0 Å². The van der Waals surface area contributed by atoms with E-state index in [0.717, 1.165) is 12.5 Å². The summed E-state index contributed by atoms with van der Waals surface area (Å²) in [6.07, 6.45) is 0. The molecule has 0 amide bonds. The fraction of sp³-hybridized carbons (Fsp3) is 0.455. The molecule has 0 spiro atoms. The first-order chi connectivity index (χ1) is 8.06. The molecular formula is C11H17N5S. The highest BCUT2D eigenvalue weighted by molar-refractivity contribution is 7.11. The molecule has 2 heterocycles. The van der Waals surface area contributed by atoms with Gasteiger partial charge in [-0.25, -0.2) is 5.10 Å². The average Bonchev–Trinajstić information content (AvgIpc) is 2.86. The van der Waals surface area contributed by atoms with E-state index < -0.39 is 0 Å². The van der Waals surface area contributed by atoms with Crippen LogP contribution in [-0.4, -0.2) is 36.3 Å². The van der Waals surface area contributed by atoms with Crippen LogP contribution in [0, 0.1) is 6.92 Å². The van der Waals surface area contributed by atoms with Gasteiger partial charge in [-0.1, -0.05) is 0 Å². The van der Waals surface area contributed by atoms with Gasteiger partial charge in [-0.05, 0) is 19.1 Å². The molecule has 0 bridgehead atoms. The highest BCUT2D eigenvalue weighted by Gasteiger charge is 2.10. The van der Waals surface area contributed by atoms with Gasteiger partial charge in [0.1, 0.15) is 0 Å². The first kappa shape index (κ1) is 11.9. The average molecular weight is 251 g/mol. The summed E-state index contributed by atoms with van der Waals surface area (Å²) in [5.74, 6) is 1.49. The van der Waals surface area contributed by atoms with Crippen molar-refractivity contribution in [2.75, 3.05) is 30.9 Å². The molecule has 2 aromatic rings. The minimum atomic E-state index is 0.703. The second-order valence-corrected chi connectivity index (χ2v) is 5.59. The number of nitrogens with one attached hydrogen (secondary N) is 1. The number of rotatable bonds is 4. The van der Waals surface area contributed by atoms with E-state index in [9.17, 15) is 0 Å². The van der Waals surface area contributed by atoms with E-state index in [1.54, 1.807) is 0 Å². The Morgan fingerprint density at radius 1 is 1.29 bits per heavy atom. The predicted molar refractivity (Wildman–Crippen MR) is 71.9 cm³/mol. The number of hydrogen-bond acceptors (Lipinski definition) is 5. The molecule has 0 aliphatic heterocycles. The Hall–Kier alpha value is -1.56. The summed E-state index contributed by atoms with van der Waals surface area (Å²) in [4.78, 5) is 11.0. The Labute approximate surface area is 105 Å². The lowest BCUT2D eigenvalue weighted by Gasteiger charge is -2.13. The van der Waals surface area contributed by atoms with Crippen molar-refractivity contribution in [2.45, 2.75) is 13.5 Å². The van der Waals surface area contributed by atoms with Crippen molar-refractivity contribution in [2.24, 2.45) is 0 Å². The van der Waals surface area contributed by atoms with Crippen molar-refractivity contribution in [1.82, 2.24) is 15.2 Å². The maximum Gasteiger partial charge on any atom is 0.245 e. The largest absolute Gasteiger partial charge is 0.346 e. The molecular weight excluding hydrogens is 234 g/mol. The molecule has 1 N–H and O–H groups in total. The van der Waals surface area contributed by atoms with Gasteiger partial charge in [-0.2, -0.15) is 4.98 Å². The number of anilines is 2. The number of aryl methyl sites for hydroxylation is 1. The third-order valence-electron chi connectivity index (χ3n) is 2.41. The molecule has 0 saturated heterocycles. The number of thiophene rings is 1. The molecule has 17 heavy (non-hydrogen) atoms. The zero-order chi connectivity index (χ0) is 12.4. The summed E-state index contributed by atoms with van der Waals surface area (Å²) >= 11 is 1.81. The van der Waals surface area contributed by atoms with Crippen molar-refractivity contribution in [3.63, 3.8) is 0 Å². The number of aromatic nitrogens is 3. The first-order valence-electron chi connectivity index (χ1n) is 5.42. The molecule has 6 heteroatoms. The van der Waals surface area contributed by atoms with Crippen LogP contribution in [0.4, 0.5) is 11.9 Å². The van der Waals surface area contributed by atoms with Crippen LogP contribution in [0.25, 0.3) is 0 Å². The van der Waals surface area contributed by atoms with Gasteiger partial charge in [-0.3, -0.25) is 0 Å². The van der Waals surface area contributed by atoms with E-state index in [0.29, 0.717) is 5.95 Å². The van der Waals surface area contributed by atoms with Crippen LogP contribution < -0.4 is 9.80 Å². The monoisotopic (exact) mass is 251 g/mol. The number of H-pyrrole nitrogens is 1. The number of nitrogens with zero attached hydrogens (tertiary/aromatic N) is 4. The highest BCUT2D eigenvalue weighted by atomic mass is 32.1. The van der Waals surface area contributed by atoms with Crippen molar-refractivity contribution < 1.29 is 0 Å².